The van der Waals surface area contributed by atoms with Crippen LogP contribution in [-0.4, -0.2) is 37.0 Å². The van der Waals surface area contributed by atoms with Gasteiger partial charge in [-0.3, -0.25) is 9.59 Å². The van der Waals surface area contributed by atoms with Crippen LogP contribution in [0.4, 0.5) is 0 Å². The van der Waals surface area contributed by atoms with Crippen molar-refractivity contribution in [3.05, 3.63) is 34.3 Å². The van der Waals surface area contributed by atoms with E-state index in [0.717, 1.165) is 4.47 Å². The van der Waals surface area contributed by atoms with E-state index in [-0.39, 0.29) is 31.5 Å². The highest BCUT2D eigenvalue weighted by atomic mass is 79.9. The number of nitrogens with two attached hydrogens (primary N) is 1. The quantitative estimate of drug-likeness (QED) is 0.809. The number of esters is 1. The molecule has 0 aliphatic carbocycles. The number of hydrogen-bond acceptors (Lipinski definition) is 4. The lowest BCUT2D eigenvalue weighted by atomic mass is 10.1. The first-order valence-electron chi connectivity index (χ1n) is 5.88. The number of nitrogens with zero attached hydrogens (tertiary/aromatic N) is 1. The van der Waals surface area contributed by atoms with Gasteiger partial charge in [0, 0.05) is 11.5 Å². The third-order valence-corrected chi connectivity index (χ3v) is 3.28. The van der Waals surface area contributed by atoms with Crippen LogP contribution in [0.3, 0.4) is 0 Å². The normalized spacial score (nSPS) is 11.2. The lowest BCUT2D eigenvalue weighted by Crippen LogP contribution is -2.39. The number of hydrogen-bond donors (Lipinski definition) is 1. The Morgan fingerprint density at radius 2 is 2.00 bits per heavy atom. The Bertz CT molecular complexity index is 471. The molecule has 0 unspecified atom stereocenters. The first-order valence-corrected chi connectivity index (χ1v) is 6.67. The lowest BCUT2D eigenvalue weighted by molar-refractivity contribution is -0.148. The Labute approximate surface area is 133 Å². The molecular weight excluding hydrogens is 348 g/mol. The summed E-state index contributed by atoms with van der Waals surface area (Å²) in [4.78, 5) is 24.7. The smallest absolute Gasteiger partial charge is 0.325 e. The summed E-state index contributed by atoms with van der Waals surface area (Å²) >= 11 is 3.35. The molecule has 0 aliphatic rings. The predicted octanol–water partition coefficient (Wildman–Crippen LogP) is 1.89. The molecule has 0 saturated carbocycles. The van der Waals surface area contributed by atoms with Crippen LogP contribution in [0.15, 0.2) is 28.7 Å². The molecular formula is C13H18BrClN2O3. The van der Waals surface area contributed by atoms with Gasteiger partial charge in [-0.15, -0.1) is 12.4 Å². The van der Waals surface area contributed by atoms with Gasteiger partial charge in [-0.05, 0) is 18.6 Å². The molecule has 1 aromatic carbocycles. The van der Waals surface area contributed by atoms with Crippen molar-refractivity contribution in [2.24, 2.45) is 5.73 Å². The van der Waals surface area contributed by atoms with E-state index >= 15 is 0 Å². The Hall–Kier alpha value is -1.11. The zero-order chi connectivity index (χ0) is 14.4. The fraction of sp³-hybridized carbons (Fsp3) is 0.385. The molecule has 7 heteroatoms. The number of halogens is 2. The molecule has 20 heavy (non-hydrogen) atoms. The second-order valence-corrected chi connectivity index (χ2v) is 4.85. The zero-order valence-electron chi connectivity index (χ0n) is 11.3. The number of benzene rings is 1. The van der Waals surface area contributed by atoms with Crippen LogP contribution in [0, 0.1) is 0 Å². The third kappa shape index (κ3) is 5.11. The molecule has 0 saturated heterocycles. The number of ether oxygens (including phenoxy) is 1. The van der Waals surface area contributed by atoms with Crippen molar-refractivity contribution in [2.75, 3.05) is 20.2 Å². The zero-order valence-corrected chi connectivity index (χ0v) is 13.7. The molecule has 0 aliphatic heterocycles. The summed E-state index contributed by atoms with van der Waals surface area (Å²) in [7, 11) is 1.52. The van der Waals surface area contributed by atoms with Crippen molar-refractivity contribution in [1.29, 1.82) is 0 Å². The molecule has 0 aromatic heterocycles. The van der Waals surface area contributed by atoms with Gasteiger partial charge in [0.2, 0.25) is 5.91 Å². The first kappa shape index (κ1) is 18.9. The summed E-state index contributed by atoms with van der Waals surface area (Å²) < 4.78 is 5.55. The maximum Gasteiger partial charge on any atom is 0.325 e. The van der Waals surface area contributed by atoms with Crippen LogP contribution in [0.25, 0.3) is 0 Å². The van der Waals surface area contributed by atoms with E-state index in [1.807, 2.05) is 12.1 Å². The van der Waals surface area contributed by atoms with Gasteiger partial charge < -0.3 is 15.4 Å². The van der Waals surface area contributed by atoms with Gasteiger partial charge in [0.05, 0.1) is 6.61 Å². The van der Waals surface area contributed by atoms with Crippen LogP contribution in [-0.2, 0) is 14.3 Å². The van der Waals surface area contributed by atoms with Crippen LogP contribution < -0.4 is 5.73 Å². The number of amides is 1. The minimum atomic E-state index is -0.810. The monoisotopic (exact) mass is 364 g/mol. The van der Waals surface area contributed by atoms with Gasteiger partial charge in [0.1, 0.15) is 12.6 Å². The first-order chi connectivity index (χ1) is 8.97. The minimum Gasteiger partial charge on any atom is -0.465 e. The van der Waals surface area contributed by atoms with E-state index in [2.05, 4.69) is 15.9 Å². The molecule has 0 fully saturated rings. The Morgan fingerprint density at radius 1 is 1.40 bits per heavy atom. The molecule has 1 rings (SSSR count). The van der Waals surface area contributed by atoms with Crippen molar-refractivity contribution in [3.63, 3.8) is 0 Å². The molecule has 0 radical (unpaired) electrons. The lowest BCUT2D eigenvalue weighted by Gasteiger charge is -2.21. The van der Waals surface area contributed by atoms with Crippen LogP contribution in [0.1, 0.15) is 18.5 Å². The predicted molar refractivity (Wildman–Crippen MR) is 82.6 cm³/mol. The standard InChI is InChI=1S/C13H17BrN2O3.ClH/c1-3-19-11(17)8-16(2)13(18)12(15)9-6-4-5-7-10(9)14;/h4-7,12H,3,8,15H2,1-2H3;1H/t12-;/m1./s1. The highest BCUT2D eigenvalue weighted by Crippen LogP contribution is 2.22. The molecule has 2 N–H and O–H groups in total. The molecule has 0 spiro atoms. The van der Waals surface area contributed by atoms with Gasteiger partial charge in [0.25, 0.3) is 0 Å². The van der Waals surface area contributed by atoms with Gasteiger partial charge in [-0.2, -0.15) is 0 Å². The summed E-state index contributed by atoms with van der Waals surface area (Å²) in [5, 5.41) is 0. The number of likely N-dealkylation sites (N-methyl/N-ethyl adjacent to an activating group) is 1. The fourth-order valence-electron chi connectivity index (χ4n) is 1.58. The summed E-state index contributed by atoms with van der Waals surface area (Å²) in [5.74, 6) is -0.780. The molecule has 1 aromatic rings. The average Bonchev–Trinajstić information content (AvgIpc) is 2.37. The highest BCUT2D eigenvalue weighted by molar-refractivity contribution is 9.10. The third-order valence-electron chi connectivity index (χ3n) is 2.55. The molecule has 0 bridgehead atoms. The Morgan fingerprint density at radius 3 is 2.55 bits per heavy atom. The van der Waals surface area contributed by atoms with E-state index in [4.69, 9.17) is 10.5 Å². The van der Waals surface area contributed by atoms with Gasteiger partial charge in [0.15, 0.2) is 0 Å². The Kier molecular flexibility index (Phi) is 8.45. The van der Waals surface area contributed by atoms with Gasteiger partial charge in [-0.25, -0.2) is 0 Å². The molecule has 0 heterocycles. The van der Waals surface area contributed by atoms with Crippen molar-refractivity contribution in [3.8, 4) is 0 Å². The summed E-state index contributed by atoms with van der Waals surface area (Å²) in [6.07, 6.45) is 0. The summed E-state index contributed by atoms with van der Waals surface area (Å²) in [5.41, 5.74) is 6.60. The topological polar surface area (TPSA) is 72.6 Å². The van der Waals surface area contributed by atoms with Gasteiger partial charge in [-0.1, -0.05) is 34.1 Å². The highest BCUT2D eigenvalue weighted by Gasteiger charge is 2.23. The molecule has 5 nitrogen and oxygen atoms in total. The number of carbonyl (C=O) groups is 2. The summed E-state index contributed by atoms with van der Waals surface area (Å²) in [6, 6.07) is 6.42. The number of rotatable bonds is 5. The second-order valence-electron chi connectivity index (χ2n) is 4.00. The molecule has 1 atom stereocenters. The SMILES string of the molecule is CCOC(=O)CN(C)C(=O)[C@H](N)c1ccccc1Br.Cl. The van der Waals surface area contributed by atoms with E-state index in [0.29, 0.717) is 5.56 Å². The molecule has 112 valence electrons. The maximum absolute atomic E-state index is 12.1. The fourth-order valence-corrected chi connectivity index (χ4v) is 2.11. The van der Waals surface area contributed by atoms with Crippen molar-refractivity contribution < 1.29 is 14.3 Å². The molecule has 1 amide bonds. The van der Waals surface area contributed by atoms with Crippen LogP contribution in [0.2, 0.25) is 0 Å². The largest absolute Gasteiger partial charge is 0.465 e. The van der Waals surface area contributed by atoms with E-state index in [1.165, 1.54) is 11.9 Å². The second kappa shape index (κ2) is 8.94. The van der Waals surface area contributed by atoms with E-state index < -0.39 is 12.0 Å². The van der Waals surface area contributed by atoms with Crippen LogP contribution >= 0.6 is 28.3 Å². The Balaban J connectivity index is 0.00000361. The van der Waals surface area contributed by atoms with Crippen molar-refractivity contribution in [2.45, 2.75) is 13.0 Å². The number of carbonyl (C=O) groups excluding carboxylic acids is 2. The van der Waals surface area contributed by atoms with E-state index in [9.17, 15) is 9.59 Å². The summed E-state index contributed by atoms with van der Waals surface area (Å²) in [6.45, 7) is 1.90. The van der Waals surface area contributed by atoms with E-state index in [1.54, 1.807) is 19.1 Å². The van der Waals surface area contributed by atoms with Crippen LogP contribution in [0.5, 0.6) is 0 Å². The minimum absolute atomic E-state index is 0. The average molecular weight is 366 g/mol. The van der Waals surface area contributed by atoms with Crippen molar-refractivity contribution >= 4 is 40.2 Å². The van der Waals surface area contributed by atoms with Crippen molar-refractivity contribution in [1.82, 2.24) is 4.90 Å². The maximum atomic E-state index is 12.1. The van der Waals surface area contributed by atoms with Gasteiger partial charge >= 0.3 is 5.97 Å².